The van der Waals surface area contributed by atoms with Crippen LogP contribution in [0.2, 0.25) is 5.02 Å². The highest BCUT2D eigenvalue weighted by Crippen LogP contribution is 2.30. The molecule has 0 aliphatic carbocycles. The second kappa shape index (κ2) is 7.77. The molecule has 28 heavy (non-hydrogen) atoms. The van der Waals surface area contributed by atoms with Gasteiger partial charge in [-0.05, 0) is 59.6 Å². The number of rotatable bonds is 4. The van der Waals surface area contributed by atoms with Crippen molar-refractivity contribution in [1.82, 2.24) is 14.8 Å². The Morgan fingerprint density at radius 2 is 1.93 bits per heavy atom. The summed E-state index contributed by atoms with van der Waals surface area (Å²) < 4.78 is 1.92. The summed E-state index contributed by atoms with van der Waals surface area (Å²) in [5, 5.41) is 20.4. The molecule has 0 aliphatic rings. The van der Waals surface area contributed by atoms with Crippen LogP contribution in [0.1, 0.15) is 26.3 Å². The minimum atomic E-state index is -0.325. The SMILES string of the molecule is CC(C)(C)c1ccc(O)c(NC(=O)Cn2c(-c3ccc(Cl)cc3)n[nH]c2=S)c1. The number of aromatic amines is 1. The number of aromatic nitrogens is 3. The van der Waals surface area contributed by atoms with E-state index in [1.165, 1.54) is 0 Å². The fraction of sp³-hybridized carbons (Fsp3) is 0.250. The minimum absolute atomic E-state index is 0.00932. The van der Waals surface area contributed by atoms with Crippen molar-refractivity contribution in [3.63, 3.8) is 0 Å². The van der Waals surface area contributed by atoms with E-state index in [1.54, 1.807) is 41.0 Å². The van der Waals surface area contributed by atoms with Crippen molar-refractivity contribution < 1.29 is 9.90 Å². The maximum Gasteiger partial charge on any atom is 0.244 e. The first-order valence-electron chi connectivity index (χ1n) is 8.69. The summed E-state index contributed by atoms with van der Waals surface area (Å²) in [5.74, 6) is 0.216. The van der Waals surface area contributed by atoms with Gasteiger partial charge in [0.05, 0.1) is 5.69 Å². The molecule has 0 fully saturated rings. The van der Waals surface area contributed by atoms with E-state index >= 15 is 0 Å². The third kappa shape index (κ3) is 4.43. The summed E-state index contributed by atoms with van der Waals surface area (Å²) in [6.07, 6.45) is 0. The van der Waals surface area contributed by atoms with Crippen LogP contribution in [0.25, 0.3) is 11.4 Å². The highest BCUT2D eigenvalue weighted by Gasteiger charge is 2.17. The van der Waals surface area contributed by atoms with Crippen molar-refractivity contribution in [2.24, 2.45) is 0 Å². The minimum Gasteiger partial charge on any atom is -0.506 e. The summed E-state index contributed by atoms with van der Waals surface area (Å²) >= 11 is 11.2. The zero-order valence-corrected chi connectivity index (χ0v) is 17.4. The molecular formula is C20H21ClN4O2S. The van der Waals surface area contributed by atoms with Gasteiger partial charge >= 0.3 is 0 Å². The Bertz CT molecular complexity index is 1070. The molecule has 0 atom stereocenters. The van der Waals surface area contributed by atoms with Gasteiger partial charge in [-0.1, -0.05) is 38.4 Å². The first-order chi connectivity index (χ1) is 13.1. The molecule has 3 rings (SSSR count). The number of benzene rings is 2. The lowest BCUT2D eigenvalue weighted by Crippen LogP contribution is -2.20. The molecule has 0 radical (unpaired) electrons. The number of amides is 1. The fourth-order valence-corrected chi connectivity index (χ4v) is 3.04. The van der Waals surface area contributed by atoms with Crippen LogP contribution >= 0.6 is 23.8 Å². The van der Waals surface area contributed by atoms with E-state index in [2.05, 4.69) is 36.3 Å². The van der Waals surface area contributed by atoms with Gasteiger partial charge in [0.1, 0.15) is 12.3 Å². The first-order valence-corrected chi connectivity index (χ1v) is 9.48. The normalized spacial score (nSPS) is 11.4. The summed E-state index contributed by atoms with van der Waals surface area (Å²) in [6, 6.07) is 12.3. The molecule has 3 N–H and O–H groups in total. The number of carbonyl (C=O) groups excluding carboxylic acids is 1. The van der Waals surface area contributed by atoms with E-state index in [0.29, 0.717) is 21.3 Å². The van der Waals surface area contributed by atoms with Crippen molar-refractivity contribution in [3.05, 3.63) is 57.8 Å². The lowest BCUT2D eigenvalue weighted by Gasteiger charge is -2.20. The number of carbonyl (C=O) groups is 1. The lowest BCUT2D eigenvalue weighted by molar-refractivity contribution is -0.116. The molecule has 0 aliphatic heterocycles. The van der Waals surface area contributed by atoms with Crippen LogP contribution in [0.4, 0.5) is 5.69 Å². The largest absolute Gasteiger partial charge is 0.506 e. The molecule has 2 aromatic carbocycles. The quantitative estimate of drug-likeness (QED) is 0.417. The third-order valence-corrected chi connectivity index (χ3v) is 4.86. The number of halogens is 1. The Labute approximate surface area is 173 Å². The van der Waals surface area contributed by atoms with Gasteiger partial charge in [-0.25, -0.2) is 0 Å². The Morgan fingerprint density at radius 3 is 2.57 bits per heavy atom. The molecule has 0 bridgehead atoms. The standard InChI is InChI=1S/C20H21ClN4O2S/c1-20(2,3)13-6-9-16(26)15(10-13)22-17(27)11-25-18(23-24-19(25)28)12-4-7-14(21)8-5-12/h4-10,26H,11H2,1-3H3,(H,22,27)(H,24,28). The highest BCUT2D eigenvalue weighted by atomic mass is 35.5. The van der Waals surface area contributed by atoms with Crippen molar-refractivity contribution in [2.45, 2.75) is 32.7 Å². The van der Waals surface area contributed by atoms with E-state index in [1.807, 2.05) is 6.07 Å². The lowest BCUT2D eigenvalue weighted by atomic mass is 9.87. The third-order valence-electron chi connectivity index (χ3n) is 4.30. The predicted molar refractivity (Wildman–Crippen MR) is 113 cm³/mol. The van der Waals surface area contributed by atoms with Crippen LogP contribution in [-0.2, 0) is 16.8 Å². The molecule has 1 amide bonds. The van der Waals surface area contributed by atoms with Crippen LogP contribution in [0.15, 0.2) is 42.5 Å². The van der Waals surface area contributed by atoms with Gasteiger partial charge in [0.2, 0.25) is 5.91 Å². The van der Waals surface area contributed by atoms with E-state index in [0.717, 1.165) is 11.1 Å². The van der Waals surface area contributed by atoms with Crippen LogP contribution in [0.5, 0.6) is 5.75 Å². The number of hydrogen-bond acceptors (Lipinski definition) is 4. The van der Waals surface area contributed by atoms with Crippen LogP contribution in [0.3, 0.4) is 0 Å². The smallest absolute Gasteiger partial charge is 0.244 e. The average molecular weight is 417 g/mol. The van der Waals surface area contributed by atoms with Crippen molar-refractivity contribution in [2.75, 3.05) is 5.32 Å². The van der Waals surface area contributed by atoms with Crippen molar-refractivity contribution in [1.29, 1.82) is 0 Å². The van der Waals surface area contributed by atoms with E-state index in [9.17, 15) is 9.90 Å². The Hall–Kier alpha value is -2.64. The van der Waals surface area contributed by atoms with Crippen LogP contribution < -0.4 is 5.32 Å². The second-order valence-electron chi connectivity index (χ2n) is 7.48. The van der Waals surface area contributed by atoms with Gasteiger partial charge in [0.25, 0.3) is 0 Å². The highest BCUT2D eigenvalue weighted by molar-refractivity contribution is 7.71. The topological polar surface area (TPSA) is 82.9 Å². The van der Waals surface area contributed by atoms with Gasteiger partial charge < -0.3 is 10.4 Å². The summed E-state index contributed by atoms with van der Waals surface area (Å²) in [4.78, 5) is 12.6. The first kappa shape index (κ1) is 20.1. The van der Waals surface area contributed by atoms with Gasteiger partial charge in [-0.3, -0.25) is 14.5 Å². The second-order valence-corrected chi connectivity index (χ2v) is 8.30. The van der Waals surface area contributed by atoms with Crippen LogP contribution in [0, 0.1) is 4.77 Å². The number of nitrogens with zero attached hydrogens (tertiary/aromatic N) is 2. The predicted octanol–water partition coefficient (Wildman–Crippen LogP) is 4.90. The molecule has 0 saturated carbocycles. The van der Waals surface area contributed by atoms with Crippen molar-refractivity contribution >= 4 is 35.4 Å². The summed E-state index contributed by atoms with van der Waals surface area (Å²) in [5.41, 5.74) is 2.03. The number of hydrogen-bond donors (Lipinski definition) is 3. The van der Waals surface area contributed by atoms with Gasteiger partial charge in [-0.2, -0.15) is 5.10 Å². The molecule has 146 valence electrons. The number of H-pyrrole nitrogens is 1. The number of phenols is 1. The number of anilines is 1. The van der Waals surface area contributed by atoms with E-state index in [-0.39, 0.29) is 23.6 Å². The zero-order valence-electron chi connectivity index (χ0n) is 15.8. The van der Waals surface area contributed by atoms with Gasteiger partial charge in [-0.15, -0.1) is 0 Å². The average Bonchev–Trinajstić information content (AvgIpc) is 2.97. The Morgan fingerprint density at radius 1 is 1.25 bits per heavy atom. The molecule has 1 heterocycles. The molecule has 3 aromatic rings. The Kier molecular flexibility index (Phi) is 5.58. The summed E-state index contributed by atoms with van der Waals surface area (Å²) in [7, 11) is 0. The monoisotopic (exact) mass is 416 g/mol. The molecular weight excluding hydrogens is 396 g/mol. The zero-order chi connectivity index (χ0) is 20.5. The molecule has 0 spiro atoms. The summed E-state index contributed by atoms with van der Waals surface area (Å²) in [6.45, 7) is 6.14. The van der Waals surface area contributed by atoms with Crippen molar-refractivity contribution in [3.8, 4) is 17.1 Å². The number of aromatic hydroxyl groups is 1. The maximum atomic E-state index is 12.6. The van der Waals surface area contributed by atoms with Crippen LogP contribution in [-0.4, -0.2) is 25.8 Å². The van der Waals surface area contributed by atoms with Gasteiger partial charge in [0, 0.05) is 10.6 Å². The maximum absolute atomic E-state index is 12.6. The van der Waals surface area contributed by atoms with E-state index < -0.39 is 0 Å². The van der Waals surface area contributed by atoms with E-state index in [4.69, 9.17) is 23.8 Å². The number of phenolic OH excluding ortho intramolecular Hbond substituents is 1. The molecule has 0 saturated heterocycles. The van der Waals surface area contributed by atoms with Gasteiger partial charge in [0.15, 0.2) is 10.6 Å². The molecule has 1 aromatic heterocycles. The fourth-order valence-electron chi connectivity index (χ4n) is 2.72. The molecule has 0 unspecified atom stereocenters. The molecule has 8 heteroatoms. The molecule has 6 nitrogen and oxygen atoms in total. The Balaban J connectivity index is 1.84. The number of nitrogens with one attached hydrogen (secondary N) is 2.